The number of imidazole rings is 1. The molecule has 1 saturated carbocycles. The fraction of sp³-hybridized carbons (Fsp3) is 0.611. The lowest BCUT2D eigenvalue weighted by molar-refractivity contribution is 0.279. The zero-order valence-electron chi connectivity index (χ0n) is 13.5. The summed E-state index contributed by atoms with van der Waals surface area (Å²) in [5.74, 6) is 0.822. The summed E-state index contributed by atoms with van der Waals surface area (Å²) < 4.78 is 2.28. The molecule has 114 valence electrons. The van der Waals surface area contributed by atoms with Crippen LogP contribution in [0.25, 0.3) is 11.0 Å². The van der Waals surface area contributed by atoms with E-state index in [-0.39, 0.29) is 0 Å². The van der Waals surface area contributed by atoms with Crippen molar-refractivity contribution in [2.24, 2.45) is 5.92 Å². The van der Waals surface area contributed by atoms with Crippen LogP contribution in [0.4, 0.5) is 0 Å². The Morgan fingerprint density at radius 3 is 2.76 bits per heavy atom. The van der Waals surface area contributed by atoms with Gasteiger partial charge in [-0.25, -0.2) is 4.98 Å². The second-order valence-corrected chi connectivity index (χ2v) is 6.69. The smallest absolute Gasteiger partial charge is 0.0958 e. The second-order valence-electron chi connectivity index (χ2n) is 6.69. The van der Waals surface area contributed by atoms with Gasteiger partial charge in [0.1, 0.15) is 0 Å². The average Bonchev–Trinajstić information content (AvgIpc) is 2.84. The summed E-state index contributed by atoms with van der Waals surface area (Å²) in [6.45, 7) is 8.75. The third-order valence-corrected chi connectivity index (χ3v) is 5.11. The summed E-state index contributed by atoms with van der Waals surface area (Å²) in [4.78, 5) is 4.54. The molecule has 0 spiro atoms. The maximum absolute atomic E-state index is 4.54. The molecule has 1 aliphatic rings. The number of rotatable bonds is 4. The molecule has 3 heteroatoms. The van der Waals surface area contributed by atoms with E-state index >= 15 is 0 Å². The molecule has 0 aliphatic heterocycles. The predicted molar refractivity (Wildman–Crippen MR) is 88.6 cm³/mol. The van der Waals surface area contributed by atoms with Gasteiger partial charge < -0.3 is 9.88 Å². The molecule has 0 radical (unpaired) electrons. The molecule has 1 aromatic carbocycles. The van der Waals surface area contributed by atoms with E-state index in [9.17, 15) is 0 Å². The van der Waals surface area contributed by atoms with Crippen molar-refractivity contribution < 1.29 is 0 Å². The molecular weight excluding hydrogens is 258 g/mol. The summed E-state index contributed by atoms with van der Waals surface area (Å²) in [6.07, 6.45) is 7.49. The van der Waals surface area contributed by atoms with Crippen molar-refractivity contribution in [3.05, 3.63) is 29.6 Å². The van der Waals surface area contributed by atoms with Crippen molar-refractivity contribution in [2.75, 3.05) is 6.54 Å². The maximum atomic E-state index is 4.54. The number of nitrogens with zero attached hydrogens (tertiary/aromatic N) is 2. The van der Waals surface area contributed by atoms with Crippen LogP contribution in [-0.2, 0) is 6.54 Å². The fourth-order valence-corrected chi connectivity index (χ4v) is 3.48. The highest BCUT2D eigenvalue weighted by Gasteiger charge is 2.20. The maximum Gasteiger partial charge on any atom is 0.0958 e. The number of fused-ring (bicyclic) bond motifs is 1. The van der Waals surface area contributed by atoms with Crippen molar-refractivity contribution >= 4 is 11.0 Å². The first-order chi connectivity index (χ1) is 10.1. The summed E-state index contributed by atoms with van der Waals surface area (Å²) in [5, 5.41) is 3.75. The van der Waals surface area contributed by atoms with Crippen LogP contribution in [0.3, 0.4) is 0 Å². The molecule has 21 heavy (non-hydrogen) atoms. The third-order valence-electron chi connectivity index (χ3n) is 5.11. The Morgan fingerprint density at radius 2 is 1.95 bits per heavy atom. The highest BCUT2D eigenvalue weighted by Crippen LogP contribution is 2.23. The van der Waals surface area contributed by atoms with Crippen LogP contribution in [0.2, 0.25) is 0 Å². The van der Waals surface area contributed by atoms with Crippen molar-refractivity contribution in [3.8, 4) is 0 Å². The first-order valence-corrected chi connectivity index (χ1v) is 8.30. The van der Waals surface area contributed by atoms with E-state index in [4.69, 9.17) is 0 Å². The molecule has 2 atom stereocenters. The Hall–Kier alpha value is -1.35. The van der Waals surface area contributed by atoms with Crippen LogP contribution in [0, 0.1) is 19.8 Å². The predicted octanol–water partition coefficient (Wildman–Crippen LogP) is 3.82. The number of benzene rings is 1. The quantitative estimate of drug-likeness (QED) is 0.925. The van der Waals surface area contributed by atoms with Gasteiger partial charge in [-0.15, -0.1) is 0 Å². The number of hydrogen-bond donors (Lipinski definition) is 1. The summed E-state index contributed by atoms with van der Waals surface area (Å²) in [7, 11) is 0. The Labute approximate surface area is 127 Å². The van der Waals surface area contributed by atoms with E-state index in [0.29, 0.717) is 6.04 Å². The molecule has 3 rings (SSSR count). The van der Waals surface area contributed by atoms with Gasteiger partial charge in [0.2, 0.25) is 0 Å². The molecular formula is C18H27N3. The Morgan fingerprint density at radius 1 is 1.19 bits per heavy atom. The van der Waals surface area contributed by atoms with Crippen molar-refractivity contribution in [1.29, 1.82) is 0 Å². The molecule has 1 aliphatic carbocycles. The summed E-state index contributed by atoms with van der Waals surface area (Å²) in [6, 6.07) is 5.16. The minimum absolute atomic E-state index is 0.706. The van der Waals surface area contributed by atoms with E-state index in [2.05, 4.69) is 47.8 Å². The van der Waals surface area contributed by atoms with Gasteiger partial charge in [-0.2, -0.15) is 0 Å². The minimum atomic E-state index is 0.706. The van der Waals surface area contributed by atoms with Crippen LogP contribution in [0.1, 0.15) is 43.7 Å². The zero-order valence-corrected chi connectivity index (χ0v) is 13.5. The van der Waals surface area contributed by atoms with Crippen LogP contribution in [-0.4, -0.2) is 22.1 Å². The number of hydrogen-bond acceptors (Lipinski definition) is 2. The highest BCUT2D eigenvalue weighted by atomic mass is 15.1. The first-order valence-electron chi connectivity index (χ1n) is 8.30. The van der Waals surface area contributed by atoms with Crippen LogP contribution >= 0.6 is 0 Å². The highest BCUT2D eigenvalue weighted by molar-refractivity contribution is 5.77. The lowest BCUT2D eigenvalue weighted by Crippen LogP contribution is -2.38. The van der Waals surface area contributed by atoms with Crippen molar-refractivity contribution in [1.82, 2.24) is 14.9 Å². The molecule has 1 heterocycles. The van der Waals surface area contributed by atoms with E-state index < -0.39 is 0 Å². The van der Waals surface area contributed by atoms with E-state index in [1.165, 1.54) is 42.3 Å². The lowest BCUT2D eigenvalue weighted by Gasteiger charge is -2.29. The molecule has 1 aromatic heterocycles. The average molecular weight is 285 g/mol. The van der Waals surface area contributed by atoms with Crippen molar-refractivity contribution in [3.63, 3.8) is 0 Å². The van der Waals surface area contributed by atoms with Gasteiger partial charge in [0.15, 0.2) is 0 Å². The van der Waals surface area contributed by atoms with Gasteiger partial charge in [-0.05, 0) is 55.9 Å². The Kier molecular flexibility index (Phi) is 4.29. The Balaban J connectivity index is 1.64. The van der Waals surface area contributed by atoms with Gasteiger partial charge in [0.05, 0.1) is 17.4 Å². The third kappa shape index (κ3) is 3.13. The molecule has 0 bridgehead atoms. The largest absolute Gasteiger partial charge is 0.329 e. The van der Waals surface area contributed by atoms with E-state index in [1.807, 2.05) is 6.33 Å². The van der Waals surface area contributed by atoms with Crippen LogP contribution in [0.15, 0.2) is 18.5 Å². The topological polar surface area (TPSA) is 29.9 Å². The molecule has 2 aromatic rings. The Bertz CT molecular complexity index is 614. The lowest BCUT2D eigenvalue weighted by atomic mass is 9.86. The molecule has 2 unspecified atom stereocenters. The molecule has 3 nitrogen and oxygen atoms in total. The molecule has 0 amide bonds. The zero-order chi connectivity index (χ0) is 14.8. The summed E-state index contributed by atoms with van der Waals surface area (Å²) in [5.41, 5.74) is 5.04. The number of aryl methyl sites for hydroxylation is 2. The van der Waals surface area contributed by atoms with Crippen molar-refractivity contribution in [2.45, 2.75) is 59.0 Å². The molecule has 1 N–H and O–H groups in total. The minimum Gasteiger partial charge on any atom is -0.329 e. The van der Waals surface area contributed by atoms with Gasteiger partial charge in [0.25, 0.3) is 0 Å². The second kappa shape index (κ2) is 6.18. The van der Waals surface area contributed by atoms with Crippen LogP contribution < -0.4 is 5.32 Å². The molecule has 1 fully saturated rings. The van der Waals surface area contributed by atoms with Gasteiger partial charge in [-0.3, -0.25) is 0 Å². The first kappa shape index (κ1) is 14.6. The van der Waals surface area contributed by atoms with E-state index in [0.717, 1.165) is 24.5 Å². The normalized spacial score (nSPS) is 22.8. The fourth-order valence-electron chi connectivity index (χ4n) is 3.48. The summed E-state index contributed by atoms with van der Waals surface area (Å²) >= 11 is 0. The monoisotopic (exact) mass is 285 g/mol. The molecule has 0 saturated heterocycles. The number of nitrogens with one attached hydrogen (secondary N) is 1. The van der Waals surface area contributed by atoms with E-state index in [1.54, 1.807) is 0 Å². The van der Waals surface area contributed by atoms with Crippen LogP contribution in [0.5, 0.6) is 0 Å². The van der Waals surface area contributed by atoms with Gasteiger partial charge >= 0.3 is 0 Å². The SMILES string of the molecule is Cc1cc2ncn(CCNC3CCCCC3C)c2cc1C. The van der Waals surface area contributed by atoms with Gasteiger partial charge in [0, 0.05) is 19.1 Å². The van der Waals surface area contributed by atoms with Gasteiger partial charge in [-0.1, -0.05) is 19.8 Å². The standard InChI is InChI=1S/C18H27N3/c1-13-6-4-5-7-16(13)19-8-9-21-12-20-17-10-14(2)15(3)11-18(17)21/h10-13,16,19H,4-9H2,1-3H3. The number of aromatic nitrogens is 2.